The number of nitrogens with zero attached hydrogens (tertiary/aromatic N) is 1. The van der Waals surface area contributed by atoms with Crippen molar-refractivity contribution in [2.45, 2.75) is 13.5 Å². The molecule has 3 heteroatoms. The molecule has 0 spiro atoms. The molecule has 2 rings (SSSR count). The molecule has 1 N–H and O–H groups in total. The second-order valence-electron chi connectivity index (χ2n) is 3.61. The molecule has 0 aliphatic carbocycles. The summed E-state index contributed by atoms with van der Waals surface area (Å²) in [5, 5.41) is 3.27. The molecule has 0 saturated heterocycles. The number of nitrogens with one attached hydrogen (secondary N) is 1. The molecular weight excluding hydrogens is 212 g/mol. The molecule has 0 atom stereocenters. The first kappa shape index (κ1) is 11.5. The van der Waals surface area contributed by atoms with Crippen LogP contribution >= 0.6 is 0 Å². The Morgan fingerprint density at radius 2 is 1.94 bits per heavy atom. The summed E-state index contributed by atoms with van der Waals surface area (Å²) >= 11 is 0. The molecule has 1 heterocycles. The SMILES string of the molecule is CCOc1ccccc1CNc1ccccn1. The molecule has 0 radical (unpaired) electrons. The van der Waals surface area contributed by atoms with Gasteiger partial charge in [-0.15, -0.1) is 0 Å². The lowest BCUT2D eigenvalue weighted by molar-refractivity contribution is 0.337. The van der Waals surface area contributed by atoms with E-state index in [2.05, 4.69) is 16.4 Å². The number of anilines is 1. The van der Waals surface area contributed by atoms with Gasteiger partial charge in [-0.05, 0) is 25.1 Å². The van der Waals surface area contributed by atoms with Crippen LogP contribution < -0.4 is 10.1 Å². The number of rotatable bonds is 5. The summed E-state index contributed by atoms with van der Waals surface area (Å²) in [5.41, 5.74) is 1.14. The minimum atomic E-state index is 0.681. The topological polar surface area (TPSA) is 34.1 Å². The lowest BCUT2D eigenvalue weighted by Crippen LogP contribution is -2.03. The largest absolute Gasteiger partial charge is 0.494 e. The smallest absolute Gasteiger partial charge is 0.126 e. The van der Waals surface area contributed by atoms with Gasteiger partial charge in [0.1, 0.15) is 11.6 Å². The maximum Gasteiger partial charge on any atom is 0.126 e. The predicted octanol–water partition coefficient (Wildman–Crippen LogP) is 3.09. The Hall–Kier alpha value is -2.03. The van der Waals surface area contributed by atoms with Crippen molar-refractivity contribution in [2.24, 2.45) is 0 Å². The average molecular weight is 228 g/mol. The van der Waals surface area contributed by atoms with Gasteiger partial charge >= 0.3 is 0 Å². The Bertz CT molecular complexity index is 457. The fourth-order valence-corrected chi connectivity index (χ4v) is 1.60. The van der Waals surface area contributed by atoms with E-state index < -0.39 is 0 Å². The highest BCUT2D eigenvalue weighted by molar-refractivity contribution is 5.39. The highest BCUT2D eigenvalue weighted by Crippen LogP contribution is 2.18. The lowest BCUT2D eigenvalue weighted by atomic mass is 10.2. The van der Waals surface area contributed by atoms with E-state index in [0.717, 1.165) is 17.1 Å². The van der Waals surface area contributed by atoms with Gasteiger partial charge in [0.15, 0.2) is 0 Å². The van der Waals surface area contributed by atoms with Crippen LogP contribution in [0.15, 0.2) is 48.7 Å². The molecule has 2 aromatic rings. The van der Waals surface area contributed by atoms with Crippen LogP contribution in [-0.4, -0.2) is 11.6 Å². The van der Waals surface area contributed by atoms with Crippen molar-refractivity contribution >= 4 is 5.82 Å². The summed E-state index contributed by atoms with van der Waals surface area (Å²) in [6.07, 6.45) is 1.77. The first-order chi connectivity index (χ1) is 8.40. The van der Waals surface area contributed by atoms with Crippen LogP contribution in [0, 0.1) is 0 Å². The van der Waals surface area contributed by atoms with Crippen LogP contribution in [0.5, 0.6) is 5.75 Å². The van der Waals surface area contributed by atoms with Gasteiger partial charge in [0.25, 0.3) is 0 Å². The summed E-state index contributed by atoms with van der Waals surface area (Å²) in [4.78, 5) is 4.22. The molecule has 0 fully saturated rings. The molecule has 3 nitrogen and oxygen atoms in total. The molecule has 0 unspecified atom stereocenters. The molecule has 0 amide bonds. The van der Waals surface area contributed by atoms with Gasteiger partial charge in [0.05, 0.1) is 6.61 Å². The maximum absolute atomic E-state index is 5.57. The Kier molecular flexibility index (Phi) is 3.97. The first-order valence-electron chi connectivity index (χ1n) is 5.75. The highest BCUT2D eigenvalue weighted by atomic mass is 16.5. The zero-order valence-corrected chi connectivity index (χ0v) is 9.89. The van der Waals surface area contributed by atoms with E-state index in [1.807, 2.05) is 43.3 Å². The third kappa shape index (κ3) is 3.21. The molecule has 0 bridgehead atoms. The molecule has 1 aromatic heterocycles. The van der Waals surface area contributed by atoms with Crippen LogP contribution in [0.3, 0.4) is 0 Å². The third-order valence-corrected chi connectivity index (χ3v) is 2.40. The molecule has 17 heavy (non-hydrogen) atoms. The Morgan fingerprint density at radius 3 is 2.71 bits per heavy atom. The number of pyridine rings is 1. The van der Waals surface area contributed by atoms with Crippen molar-refractivity contribution in [2.75, 3.05) is 11.9 Å². The zero-order chi connectivity index (χ0) is 11.9. The van der Waals surface area contributed by atoms with Gasteiger partial charge < -0.3 is 10.1 Å². The molecule has 0 aliphatic rings. The Labute approximate surface area is 101 Å². The van der Waals surface area contributed by atoms with E-state index in [4.69, 9.17) is 4.74 Å². The summed E-state index contributed by atoms with van der Waals surface area (Å²) in [6, 6.07) is 13.8. The van der Waals surface area contributed by atoms with Crippen LogP contribution in [-0.2, 0) is 6.54 Å². The number of ether oxygens (including phenoxy) is 1. The van der Waals surface area contributed by atoms with Crippen molar-refractivity contribution in [3.63, 3.8) is 0 Å². The third-order valence-electron chi connectivity index (χ3n) is 2.40. The number of aromatic nitrogens is 1. The standard InChI is InChI=1S/C14H16N2O/c1-2-17-13-8-4-3-7-12(13)11-16-14-9-5-6-10-15-14/h3-10H,2,11H2,1H3,(H,15,16). The van der Waals surface area contributed by atoms with Gasteiger partial charge in [-0.2, -0.15) is 0 Å². The van der Waals surface area contributed by atoms with Crippen molar-refractivity contribution in [3.05, 3.63) is 54.2 Å². The molecule has 0 saturated carbocycles. The minimum Gasteiger partial charge on any atom is -0.494 e. The average Bonchev–Trinajstić information content (AvgIpc) is 2.39. The van der Waals surface area contributed by atoms with Gasteiger partial charge in [-0.1, -0.05) is 24.3 Å². The number of hydrogen-bond donors (Lipinski definition) is 1. The summed E-state index contributed by atoms with van der Waals surface area (Å²) in [7, 11) is 0. The second-order valence-corrected chi connectivity index (χ2v) is 3.61. The van der Waals surface area contributed by atoms with Crippen molar-refractivity contribution in [3.8, 4) is 5.75 Å². The van der Waals surface area contributed by atoms with Gasteiger partial charge in [-0.3, -0.25) is 0 Å². The molecule has 0 aliphatic heterocycles. The fourth-order valence-electron chi connectivity index (χ4n) is 1.60. The zero-order valence-electron chi connectivity index (χ0n) is 9.89. The molecule has 88 valence electrons. The predicted molar refractivity (Wildman–Crippen MR) is 69.2 cm³/mol. The van der Waals surface area contributed by atoms with Gasteiger partial charge in [-0.25, -0.2) is 4.98 Å². The fraction of sp³-hybridized carbons (Fsp3) is 0.214. The van der Waals surface area contributed by atoms with Crippen LogP contribution in [0.1, 0.15) is 12.5 Å². The van der Waals surface area contributed by atoms with Crippen LogP contribution in [0.4, 0.5) is 5.82 Å². The summed E-state index contributed by atoms with van der Waals surface area (Å²) in [5.74, 6) is 1.80. The number of para-hydroxylation sites is 1. The normalized spacial score (nSPS) is 9.94. The van der Waals surface area contributed by atoms with Gasteiger partial charge in [0, 0.05) is 18.3 Å². The lowest BCUT2D eigenvalue weighted by Gasteiger charge is -2.10. The van der Waals surface area contributed by atoms with E-state index in [1.165, 1.54) is 0 Å². The summed E-state index contributed by atoms with van der Waals surface area (Å²) in [6.45, 7) is 3.39. The van der Waals surface area contributed by atoms with E-state index in [-0.39, 0.29) is 0 Å². The van der Waals surface area contributed by atoms with E-state index in [9.17, 15) is 0 Å². The van der Waals surface area contributed by atoms with Crippen LogP contribution in [0.25, 0.3) is 0 Å². The quantitative estimate of drug-likeness (QED) is 0.853. The van der Waals surface area contributed by atoms with Gasteiger partial charge in [0.2, 0.25) is 0 Å². The summed E-state index contributed by atoms with van der Waals surface area (Å²) < 4.78 is 5.57. The Morgan fingerprint density at radius 1 is 1.12 bits per heavy atom. The van der Waals surface area contributed by atoms with Crippen molar-refractivity contribution in [1.29, 1.82) is 0 Å². The molecule has 1 aromatic carbocycles. The van der Waals surface area contributed by atoms with Crippen molar-refractivity contribution < 1.29 is 4.74 Å². The number of benzene rings is 1. The van der Waals surface area contributed by atoms with E-state index in [0.29, 0.717) is 13.2 Å². The monoisotopic (exact) mass is 228 g/mol. The van der Waals surface area contributed by atoms with E-state index >= 15 is 0 Å². The second kappa shape index (κ2) is 5.89. The van der Waals surface area contributed by atoms with E-state index in [1.54, 1.807) is 6.20 Å². The number of hydrogen-bond acceptors (Lipinski definition) is 3. The highest BCUT2D eigenvalue weighted by Gasteiger charge is 2.01. The Balaban J connectivity index is 2.03. The minimum absolute atomic E-state index is 0.681. The molecular formula is C14H16N2O. The van der Waals surface area contributed by atoms with Crippen LogP contribution in [0.2, 0.25) is 0 Å². The maximum atomic E-state index is 5.57. The van der Waals surface area contributed by atoms with Crippen molar-refractivity contribution in [1.82, 2.24) is 4.98 Å². The first-order valence-corrected chi connectivity index (χ1v) is 5.75.